The van der Waals surface area contributed by atoms with Crippen LogP contribution in [-0.4, -0.2) is 77.4 Å². The van der Waals surface area contributed by atoms with Gasteiger partial charge in [0.2, 0.25) is 23.6 Å². The molecule has 0 saturated carbocycles. The van der Waals surface area contributed by atoms with Crippen molar-refractivity contribution >= 4 is 41.4 Å². The SMILES string of the molecule is CSCCC(NC(=O)C(N)CCC(N)=O)C(=O)NC(Cc1ccccc1)C(=O)NC(CCCCN)C(=O)O. The minimum Gasteiger partial charge on any atom is -0.480 e. The number of aliphatic carboxylic acids is 1. The maximum Gasteiger partial charge on any atom is 0.326 e. The zero-order valence-corrected chi connectivity index (χ0v) is 22.5. The van der Waals surface area contributed by atoms with Gasteiger partial charge < -0.3 is 38.3 Å². The second-order valence-electron chi connectivity index (χ2n) is 8.89. The van der Waals surface area contributed by atoms with E-state index in [4.69, 9.17) is 17.2 Å². The molecular weight excluding hydrogens is 512 g/mol. The van der Waals surface area contributed by atoms with Gasteiger partial charge in [-0.1, -0.05) is 30.3 Å². The lowest BCUT2D eigenvalue weighted by Crippen LogP contribution is -2.57. The molecule has 4 amide bonds. The van der Waals surface area contributed by atoms with Crippen LogP contribution in [0.5, 0.6) is 0 Å². The topological polar surface area (TPSA) is 220 Å². The fraction of sp³-hybridized carbons (Fsp3) is 0.560. The number of hydrogen-bond donors (Lipinski definition) is 7. The summed E-state index contributed by atoms with van der Waals surface area (Å²) < 4.78 is 0. The van der Waals surface area contributed by atoms with Crippen LogP contribution >= 0.6 is 11.8 Å². The quantitative estimate of drug-likeness (QED) is 0.107. The number of amides is 4. The fourth-order valence-corrected chi connectivity index (χ4v) is 4.04. The second kappa shape index (κ2) is 18.2. The molecule has 0 aliphatic carbocycles. The lowest BCUT2D eigenvalue weighted by molar-refractivity contribution is -0.142. The van der Waals surface area contributed by atoms with E-state index in [1.54, 1.807) is 24.3 Å². The molecule has 12 nitrogen and oxygen atoms in total. The summed E-state index contributed by atoms with van der Waals surface area (Å²) in [6.07, 6.45) is 3.48. The third-order valence-electron chi connectivity index (χ3n) is 5.76. The average Bonchev–Trinajstić information content (AvgIpc) is 2.88. The number of carboxylic acid groups (broad SMARTS) is 1. The maximum atomic E-state index is 13.2. The van der Waals surface area contributed by atoms with Gasteiger partial charge in [-0.3, -0.25) is 19.2 Å². The zero-order chi connectivity index (χ0) is 28.5. The van der Waals surface area contributed by atoms with Crippen molar-refractivity contribution < 1.29 is 29.1 Å². The normalized spacial score (nSPS) is 14.0. The first-order chi connectivity index (χ1) is 18.1. The Kier molecular flexibility index (Phi) is 15.7. The average molecular weight is 553 g/mol. The van der Waals surface area contributed by atoms with Gasteiger partial charge in [-0.05, 0) is 56.2 Å². The van der Waals surface area contributed by atoms with Crippen molar-refractivity contribution in [2.24, 2.45) is 17.2 Å². The van der Waals surface area contributed by atoms with Gasteiger partial charge in [-0.15, -0.1) is 0 Å². The third-order valence-corrected chi connectivity index (χ3v) is 6.40. The molecule has 0 heterocycles. The molecule has 0 saturated heterocycles. The molecule has 10 N–H and O–H groups in total. The van der Waals surface area contributed by atoms with E-state index in [1.165, 1.54) is 11.8 Å². The number of rotatable bonds is 19. The molecule has 0 aromatic heterocycles. The van der Waals surface area contributed by atoms with Crippen LogP contribution in [0, 0.1) is 0 Å². The highest BCUT2D eigenvalue weighted by molar-refractivity contribution is 7.98. The minimum atomic E-state index is -1.18. The van der Waals surface area contributed by atoms with Gasteiger partial charge in [0.05, 0.1) is 6.04 Å². The number of carboxylic acids is 1. The molecule has 0 spiro atoms. The highest BCUT2D eigenvalue weighted by Crippen LogP contribution is 2.08. The minimum absolute atomic E-state index is 0.0256. The lowest BCUT2D eigenvalue weighted by Gasteiger charge is -2.25. The van der Waals surface area contributed by atoms with Crippen LogP contribution in [0.25, 0.3) is 0 Å². The Morgan fingerprint density at radius 3 is 2.05 bits per heavy atom. The fourth-order valence-electron chi connectivity index (χ4n) is 3.57. The Balaban J connectivity index is 3.05. The highest BCUT2D eigenvalue weighted by Gasteiger charge is 2.30. The van der Waals surface area contributed by atoms with Gasteiger partial charge in [0, 0.05) is 12.8 Å². The van der Waals surface area contributed by atoms with Gasteiger partial charge in [-0.2, -0.15) is 11.8 Å². The number of hydrogen-bond acceptors (Lipinski definition) is 8. The molecule has 4 atom stereocenters. The van der Waals surface area contributed by atoms with Crippen LogP contribution < -0.4 is 33.2 Å². The molecular formula is C25H40N6O6S. The molecule has 212 valence electrons. The Labute approximate surface area is 227 Å². The maximum absolute atomic E-state index is 13.2. The number of carbonyl (C=O) groups excluding carboxylic acids is 4. The van der Waals surface area contributed by atoms with E-state index in [1.807, 2.05) is 12.3 Å². The Morgan fingerprint density at radius 2 is 1.47 bits per heavy atom. The predicted octanol–water partition coefficient (Wildman–Crippen LogP) is -0.757. The van der Waals surface area contributed by atoms with Crippen molar-refractivity contribution in [1.82, 2.24) is 16.0 Å². The Morgan fingerprint density at radius 1 is 0.868 bits per heavy atom. The molecule has 0 radical (unpaired) electrons. The number of nitrogens with one attached hydrogen (secondary N) is 3. The molecule has 0 fully saturated rings. The van der Waals surface area contributed by atoms with Crippen LogP contribution in [0.4, 0.5) is 0 Å². The predicted molar refractivity (Wildman–Crippen MR) is 146 cm³/mol. The number of nitrogens with two attached hydrogens (primary N) is 3. The van der Waals surface area contributed by atoms with Crippen molar-refractivity contribution in [3.8, 4) is 0 Å². The molecule has 4 unspecified atom stereocenters. The van der Waals surface area contributed by atoms with Crippen LogP contribution in [0.2, 0.25) is 0 Å². The summed E-state index contributed by atoms with van der Waals surface area (Å²) >= 11 is 1.47. The molecule has 0 aliphatic rings. The van der Waals surface area contributed by atoms with Crippen LogP contribution in [0.15, 0.2) is 30.3 Å². The van der Waals surface area contributed by atoms with Crippen LogP contribution in [0.1, 0.15) is 44.1 Å². The van der Waals surface area contributed by atoms with Gasteiger partial charge in [-0.25, -0.2) is 4.79 Å². The van der Waals surface area contributed by atoms with Crippen molar-refractivity contribution in [3.63, 3.8) is 0 Å². The summed E-state index contributed by atoms with van der Waals surface area (Å²) in [7, 11) is 0. The third kappa shape index (κ3) is 12.9. The molecule has 1 rings (SSSR count). The van der Waals surface area contributed by atoms with E-state index in [0.29, 0.717) is 25.1 Å². The van der Waals surface area contributed by atoms with Crippen LogP contribution in [-0.2, 0) is 30.4 Å². The summed E-state index contributed by atoms with van der Waals surface area (Å²) in [5, 5.41) is 17.4. The molecule has 0 aliphatic heterocycles. The standard InChI is InChI=1S/C25H40N6O6S/c1-38-14-12-18(29-22(33)17(27)10-11-21(28)32)23(34)31-20(15-16-7-3-2-4-8-16)24(35)30-19(25(36)37)9-5-6-13-26/h2-4,7-8,17-20H,5-6,9-15,26-27H2,1H3,(H2,28,32)(H,29,33)(H,30,35)(H,31,34)(H,36,37). The summed E-state index contributed by atoms with van der Waals surface area (Å²) in [5.41, 5.74) is 17.2. The van der Waals surface area contributed by atoms with Crippen molar-refractivity contribution in [3.05, 3.63) is 35.9 Å². The number of carbonyl (C=O) groups is 5. The van der Waals surface area contributed by atoms with E-state index < -0.39 is 53.8 Å². The zero-order valence-electron chi connectivity index (χ0n) is 21.7. The van der Waals surface area contributed by atoms with E-state index in [-0.39, 0.29) is 32.1 Å². The largest absolute Gasteiger partial charge is 0.480 e. The van der Waals surface area contributed by atoms with Gasteiger partial charge in [0.25, 0.3) is 0 Å². The van der Waals surface area contributed by atoms with Crippen LogP contribution in [0.3, 0.4) is 0 Å². The molecule has 13 heteroatoms. The number of unbranched alkanes of at least 4 members (excludes halogenated alkanes) is 1. The first-order valence-corrected chi connectivity index (χ1v) is 13.9. The van der Waals surface area contributed by atoms with Crippen molar-refractivity contribution in [2.45, 2.75) is 69.1 Å². The van der Waals surface area contributed by atoms with E-state index in [9.17, 15) is 29.1 Å². The van der Waals surface area contributed by atoms with E-state index >= 15 is 0 Å². The summed E-state index contributed by atoms with van der Waals surface area (Å²) in [4.78, 5) is 61.7. The smallest absolute Gasteiger partial charge is 0.326 e. The summed E-state index contributed by atoms with van der Waals surface area (Å²) in [6.45, 7) is 0.405. The number of primary amides is 1. The van der Waals surface area contributed by atoms with E-state index in [0.717, 1.165) is 5.56 Å². The Hall–Kier alpha value is -3.16. The molecule has 0 bridgehead atoms. The van der Waals surface area contributed by atoms with Gasteiger partial charge in [0.15, 0.2) is 0 Å². The van der Waals surface area contributed by atoms with Gasteiger partial charge >= 0.3 is 5.97 Å². The molecule has 1 aromatic rings. The number of thioether (sulfide) groups is 1. The van der Waals surface area contributed by atoms with Gasteiger partial charge in [0.1, 0.15) is 18.1 Å². The summed E-state index contributed by atoms with van der Waals surface area (Å²) in [6, 6.07) is 4.67. The Bertz CT molecular complexity index is 919. The van der Waals surface area contributed by atoms with Crippen molar-refractivity contribution in [2.75, 3.05) is 18.6 Å². The highest BCUT2D eigenvalue weighted by atomic mass is 32.2. The number of benzene rings is 1. The van der Waals surface area contributed by atoms with E-state index in [2.05, 4.69) is 16.0 Å². The first kappa shape index (κ1) is 32.9. The molecule has 38 heavy (non-hydrogen) atoms. The summed E-state index contributed by atoms with van der Waals surface area (Å²) in [5.74, 6) is -3.14. The first-order valence-electron chi connectivity index (χ1n) is 12.5. The van der Waals surface area contributed by atoms with Crippen molar-refractivity contribution in [1.29, 1.82) is 0 Å². The molecule has 1 aromatic carbocycles. The lowest BCUT2D eigenvalue weighted by atomic mass is 10.0. The second-order valence-corrected chi connectivity index (χ2v) is 9.87. The monoisotopic (exact) mass is 552 g/mol.